The van der Waals surface area contributed by atoms with Crippen molar-refractivity contribution < 1.29 is 14.6 Å². The number of hydrogen-bond acceptors (Lipinski definition) is 4. The van der Waals surface area contributed by atoms with Gasteiger partial charge in [0.25, 0.3) is 0 Å². The van der Waals surface area contributed by atoms with E-state index in [-0.39, 0.29) is 17.9 Å². The Hall–Kier alpha value is -1.59. The molecule has 0 spiro atoms. The van der Waals surface area contributed by atoms with Crippen LogP contribution in [0.5, 0.6) is 5.75 Å². The molecule has 0 aliphatic carbocycles. The fraction of sp³-hybridized carbons (Fsp3) is 0.562. The Morgan fingerprint density at radius 2 is 1.95 bits per heavy atom. The van der Waals surface area contributed by atoms with Gasteiger partial charge in [-0.3, -0.25) is 10.1 Å². The molecule has 1 fully saturated rings. The lowest BCUT2D eigenvalue weighted by atomic mass is 9.86. The Labute approximate surface area is 126 Å². The van der Waals surface area contributed by atoms with E-state index >= 15 is 0 Å². The summed E-state index contributed by atoms with van der Waals surface area (Å²) in [7, 11) is 0. The van der Waals surface area contributed by atoms with Gasteiger partial charge >= 0.3 is 0 Å². The van der Waals surface area contributed by atoms with Crippen LogP contribution in [0.4, 0.5) is 0 Å². The average Bonchev–Trinajstić information content (AvgIpc) is 2.45. The number of β-lactam (4-membered cyclic amide) rings is 1. The van der Waals surface area contributed by atoms with Crippen LogP contribution in [0.25, 0.3) is 0 Å². The molecule has 1 saturated heterocycles. The van der Waals surface area contributed by atoms with Crippen molar-refractivity contribution in [2.24, 2.45) is 5.41 Å². The highest BCUT2D eigenvalue weighted by Crippen LogP contribution is 2.20. The van der Waals surface area contributed by atoms with Gasteiger partial charge < -0.3 is 15.2 Å². The number of likely N-dealkylation sites (N-methyl/N-ethyl adjacent to an activating group) is 1. The number of amides is 1. The summed E-state index contributed by atoms with van der Waals surface area (Å²) in [5.74, 6) is 0.943. The molecule has 118 valence electrons. The number of rotatable bonds is 5. The number of aliphatic hydroxyl groups is 1. The third-order valence-electron chi connectivity index (χ3n) is 3.13. The molecule has 1 heterocycles. The summed E-state index contributed by atoms with van der Waals surface area (Å²) in [4.78, 5) is 10.4. The van der Waals surface area contributed by atoms with Gasteiger partial charge in [0.15, 0.2) is 0 Å². The van der Waals surface area contributed by atoms with Crippen LogP contribution in [-0.2, 0) is 4.79 Å². The smallest absolute Gasteiger partial charge is 0.227 e. The molecule has 1 aromatic rings. The molecule has 1 amide bonds. The minimum atomic E-state index is -0.968. The standard InChI is InChI=1S/C11H17NO2.C5H9NO/c1-3-12-11(2,13)9-14-10-7-5-4-6-8-10;1-5(2)3-6-4(5)7/h4-8,12-13H,3,9H2,1-2H3;3H2,1-2H3,(H,6,7). The Kier molecular flexibility index (Phi) is 6.18. The van der Waals surface area contributed by atoms with Crippen molar-refractivity contribution in [2.45, 2.75) is 33.4 Å². The second-order valence-corrected chi connectivity index (χ2v) is 5.97. The van der Waals surface area contributed by atoms with Crippen molar-refractivity contribution in [3.63, 3.8) is 0 Å². The fourth-order valence-electron chi connectivity index (χ4n) is 1.69. The van der Waals surface area contributed by atoms with Crippen molar-refractivity contribution in [3.05, 3.63) is 30.3 Å². The van der Waals surface area contributed by atoms with E-state index < -0.39 is 5.72 Å². The van der Waals surface area contributed by atoms with Gasteiger partial charge in [0.1, 0.15) is 18.1 Å². The third-order valence-corrected chi connectivity index (χ3v) is 3.13. The second kappa shape index (κ2) is 7.43. The molecule has 3 N–H and O–H groups in total. The summed E-state index contributed by atoms with van der Waals surface area (Å²) in [6.45, 7) is 9.30. The number of carbonyl (C=O) groups excluding carboxylic acids is 1. The first-order valence-electron chi connectivity index (χ1n) is 7.20. The summed E-state index contributed by atoms with van der Waals surface area (Å²) in [6, 6.07) is 9.45. The van der Waals surface area contributed by atoms with Gasteiger partial charge in [0.05, 0.1) is 5.41 Å². The summed E-state index contributed by atoms with van der Waals surface area (Å²) in [5, 5.41) is 15.3. The van der Waals surface area contributed by atoms with E-state index in [0.717, 1.165) is 12.3 Å². The van der Waals surface area contributed by atoms with Crippen molar-refractivity contribution >= 4 is 5.91 Å². The zero-order valence-corrected chi connectivity index (χ0v) is 13.3. The van der Waals surface area contributed by atoms with Gasteiger partial charge in [-0.25, -0.2) is 0 Å². The van der Waals surface area contributed by atoms with Crippen LogP contribution in [0.15, 0.2) is 30.3 Å². The van der Waals surface area contributed by atoms with Crippen molar-refractivity contribution in [1.82, 2.24) is 10.6 Å². The molecule has 0 saturated carbocycles. The first-order chi connectivity index (χ1) is 9.77. The number of para-hydroxylation sites is 1. The Balaban J connectivity index is 0.000000262. The van der Waals surface area contributed by atoms with Crippen LogP contribution in [0, 0.1) is 5.41 Å². The monoisotopic (exact) mass is 294 g/mol. The average molecular weight is 294 g/mol. The molecule has 1 unspecified atom stereocenters. The van der Waals surface area contributed by atoms with Crippen LogP contribution in [-0.4, -0.2) is 36.4 Å². The molecule has 21 heavy (non-hydrogen) atoms. The molecule has 1 atom stereocenters. The van der Waals surface area contributed by atoms with Gasteiger partial charge in [-0.05, 0) is 39.4 Å². The van der Waals surface area contributed by atoms with Crippen LogP contribution in [0.3, 0.4) is 0 Å². The summed E-state index contributed by atoms with van der Waals surface area (Å²) < 4.78 is 5.41. The zero-order chi connectivity index (χ0) is 15.9. The van der Waals surface area contributed by atoms with Crippen molar-refractivity contribution in [1.29, 1.82) is 0 Å². The summed E-state index contributed by atoms with van der Waals surface area (Å²) in [6.07, 6.45) is 0. The summed E-state index contributed by atoms with van der Waals surface area (Å²) in [5.41, 5.74) is -1.04. The van der Waals surface area contributed by atoms with Crippen LogP contribution < -0.4 is 15.4 Å². The lowest BCUT2D eigenvalue weighted by Crippen LogP contribution is -2.55. The minimum absolute atomic E-state index is 0.0694. The topological polar surface area (TPSA) is 70.6 Å². The number of ether oxygens (including phenoxy) is 1. The van der Waals surface area contributed by atoms with E-state index in [2.05, 4.69) is 10.6 Å². The molecule has 1 aliphatic heterocycles. The molecule has 0 radical (unpaired) electrons. The Morgan fingerprint density at radius 3 is 2.33 bits per heavy atom. The van der Waals surface area contributed by atoms with Crippen molar-refractivity contribution in [3.8, 4) is 5.75 Å². The van der Waals surface area contributed by atoms with Gasteiger partial charge in [-0.15, -0.1) is 0 Å². The fourth-order valence-corrected chi connectivity index (χ4v) is 1.69. The number of hydrogen-bond donors (Lipinski definition) is 3. The number of nitrogens with one attached hydrogen (secondary N) is 2. The maximum atomic E-state index is 10.4. The maximum absolute atomic E-state index is 10.4. The second-order valence-electron chi connectivity index (χ2n) is 5.97. The van der Waals surface area contributed by atoms with E-state index in [1.54, 1.807) is 6.92 Å². The Bertz CT molecular complexity index is 444. The van der Waals surface area contributed by atoms with Crippen LogP contribution in [0.2, 0.25) is 0 Å². The highest BCUT2D eigenvalue weighted by atomic mass is 16.5. The minimum Gasteiger partial charge on any atom is -0.489 e. The molecule has 5 heteroatoms. The van der Waals surface area contributed by atoms with E-state index in [4.69, 9.17) is 4.74 Å². The number of benzene rings is 1. The van der Waals surface area contributed by atoms with E-state index in [1.807, 2.05) is 51.1 Å². The summed E-state index contributed by atoms with van der Waals surface area (Å²) >= 11 is 0. The highest BCUT2D eigenvalue weighted by molar-refractivity contribution is 5.87. The van der Waals surface area contributed by atoms with E-state index in [9.17, 15) is 9.90 Å². The van der Waals surface area contributed by atoms with E-state index in [0.29, 0.717) is 6.54 Å². The third kappa shape index (κ3) is 6.14. The molecule has 1 aromatic carbocycles. The quantitative estimate of drug-likeness (QED) is 0.569. The van der Waals surface area contributed by atoms with Crippen LogP contribution in [0.1, 0.15) is 27.7 Å². The van der Waals surface area contributed by atoms with Gasteiger partial charge in [-0.1, -0.05) is 25.1 Å². The SMILES string of the molecule is CC1(C)CNC1=O.CCNC(C)(O)COc1ccccc1. The van der Waals surface area contributed by atoms with Gasteiger partial charge in [0, 0.05) is 6.54 Å². The lowest BCUT2D eigenvalue weighted by molar-refractivity contribution is -0.137. The van der Waals surface area contributed by atoms with Gasteiger partial charge in [0.2, 0.25) is 5.91 Å². The van der Waals surface area contributed by atoms with Crippen molar-refractivity contribution in [2.75, 3.05) is 19.7 Å². The molecular weight excluding hydrogens is 268 g/mol. The predicted octanol–water partition coefficient (Wildman–Crippen LogP) is 1.53. The highest BCUT2D eigenvalue weighted by Gasteiger charge is 2.36. The first kappa shape index (κ1) is 17.5. The largest absolute Gasteiger partial charge is 0.489 e. The molecule has 1 aliphatic rings. The molecule has 2 rings (SSSR count). The van der Waals surface area contributed by atoms with E-state index in [1.165, 1.54) is 0 Å². The van der Waals surface area contributed by atoms with Crippen LogP contribution >= 0.6 is 0 Å². The molecule has 0 bridgehead atoms. The Morgan fingerprint density at radius 1 is 1.38 bits per heavy atom. The zero-order valence-electron chi connectivity index (χ0n) is 13.3. The van der Waals surface area contributed by atoms with Gasteiger partial charge in [-0.2, -0.15) is 0 Å². The number of carbonyl (C=O) groups is 1. The molecular formula is C16H26N2O3. The molecule has 0 aromatic heterocycles. The predicted molar refractivity (Wildman–Crippen MR) is 83.0 cm³/mol. The maximum Gasteiger partial charge on any atom is 0.227 e. The molecule has 5 nitrogen and oxygen atoms in total. The first-order valence-corrected chi connectivity index (χ1v) is 7.20. The lowest BCUT2D eigenvalue weighted by Gasteiger charge is -2.33. The normalized spacial score (nSPS) is 18.4.